The minimum absolute atomic E-state index is 0.0686. The highest BCUT2D eigenvalue weighted by molar-refractivity contribution is 7.71. The van der Waals surface area contributed by atoms with E-state index in [1.54, 1.807) is 11.4 Å². The standard InChI is InChI=1S/C12H6F2N2OS2/c13-6-3-7(14)5-8(4-6)16-11(17)10-9(1-2-19-10)15-12(16)18/h1-5H,(H,15,18). The van der Waals surface area contributed by atoms with Crippen molar-refractivity contribution < 1.29 is 8.78 Å². The normalized spacial score (nSPS) is 11.1. The highest BCUT2D eigenvalue weighted by Gasteiger charge is 2.10. The van der Waals surface area contributed by atoms with Crippen molar-refractivity contribution in [1.82, 2.24) is 9.55 Å². The Hall–Kier alpha value is -1.86. The fraction of sp³-hybridized carbons (Fsp3) is 0. The van der Waals surface area contributed by atoms with Crippen molar-refractivity contribution in [2.45, 2.75) is 0 Å². The summed E-state index contributed by atoms with van der Waals surface area (Å²) < 4.78 is 28.1. The van der Waals surface area contributed by atoms with E-state index >= 15 is 0 Å². The SMILES string of the molecule is O=c1c2sccc2[nH]c(=S)n1-c1cc(F)cc(F)c1. The van der Waals surface area contributed by atoms with E-state index in [4.69, 9.17) is 12.2 Å². The second kappa shape index (κ2) is 4.36. The van der Waals surface area contributed by atoms with Gasteiger partial charge in [0.2, 0.25) is 0 Å². The molecule has 0 saturated carbocycles. The Labute approximate surface area is 114 Å². The number of nitrogens with one attached hydrogen (secondary N) is 1. The lowest BCUT2D eigenvalue weighted by atomic mass is 10.3. The third kappa shape index (κ3) is 2.00. The Balaban J connectivity index is 2.42. The molecule has 0 spiro atoms. The van der Waals surface area contributed by atoms with E-state index in [1.165, 1.54) is 11.3 Å². The summed E-state index contributed by atoms with van der Waals surface area (Å²) in [7, 11) is 0. The summed E-state index contributed by atoms with van der Waals surface area (Å²) in [5.74, 6) is -1.52. The van der Waals surface area contributed by atoms with E-state index in [0.29, 0.717) is 10.2 Å². The van der Waals surface area contributed by atoms with Gasteiger partial charge < -0.3 is 4.98 Å². The van der Waals surface area contributed by atoms with E-state index in [1.807, 2.05) is 0 Å². The number of H-pyrrole nitrogens is 1. The molecule has 0 aliphatic carbocycles. The molecular weight excluding hydrogens is 290 g/mol. The maximum Gasteiger partial charge on any atom is 0.276 e. The molecule has 0 amide bonds. The first-order valence-corrected chi connectivity index (χ1v) is 6.54. The number of hydrogen-bond acceptors (Lipinski definition) is 3. The Morgan fingerprint density at radius 1 is 1.21 bits per heavy atom. The maximum absolute atomic E-state index is 13.2. The van der Waals surface area contributed by atoms with Crippen LogP contribution in [0.2, 0.25) is 0 Å². The molecule has 0 fully saturated rings. The smallest absolute Gasteiger partial charge is 0.276 e. The first-order chi connectivity index (χ1) is 9.06. The summed E-state index contributed by atoms with van der Waals surface area (Å²) in [4.78, 5) is 15.1. The summed E-state index contributed by atoms with van der Waals surface area (Å²) in [6.07, 6.45) is 0. The van der Waals surface area contributed by atoms with Gasteiger partial charge in [-0.1, -0.05) is 0 Å². The molecule has 0 unspecified atom stereocenters. The van der Waals surface area contributed by atoms with Crippen LogP contribution in [0.25, 0.3) is 15.9 Å². The number of nitrogens with zero attached hydrogens (tertiary/aromatic N) is 1. The number of aromatic nitrogens is 2. The summed E-state index contributed by atoms with van der Waals surface area (Å²) in [6.45, 7) is 0. The van der Waals surface area contributed by atoms with Gasteiger partial charge in [0, 0.05) is 6.07 Å². The third-order valence-corrected chi connectivity index (χ3v) is 3.80. The van der Waals surface area contributed by atoms with Gasteiger partial charge in [0.25, 0.3) is 5.56 Å². The molecule has 1 N–H and O–H groups in total. The predicted octanol–water partition coefficient (Wildman–Crippen LogP) is 3.39. The van der Waals surface area contributed by atoms with E-state index in [0.717, 1.165) is 22.8 Å². The zero-order chi connectivity index (χ0) is 13.6. The van der Waals surface area contributed by atoms with Crippen molar-refractivity contribution >= 4 is 33.8 Å². The van der Waals surface area contributed by atoms with Gasteiger partial charge in [0.15, 0.2) is 4.77 Å². The monoisotopic (exact) mass is 296 g/mol. The first kappa shape index (κ1) is 12.2. The predicted molar refractivity (Wildman–Crippen MR) is 72.5 cm³/mol. The molecule has 0 radical (unpaired) electrons. The number of rotatable bonds is 1. The van der Waals surface area contributed by atoms with Crippen LogP contribution in [0.1, 0.15) is 0 Å². The zero-order valence-electron chi connectivity index (χ0n) is 9.31. The Bertz CT molecular complexity index is 874. The summed E-state index contributed by atoms with van der Waals surface area (Å²) in [5.41, 5.74) is 0.297. The van der Waals surface area contributed by atoms with Crippen molar-refractivity contribution in [2.24, 2.45) is 0 Å². The second-order valence-electron chi connectivity index (χ2n) is 3.86. The molecule has 2 heterocycles. The quantitative estimate of drug-likeness (QED) is 0.699. The van der Waals surface area contributed by atoms with Gasteiger partial charge in [-0.25, -0.2) is 8.78 Å². The van der Waals surface area contributed by atoms with Gasteiger partial charge >= 0.3 is 0 Å². The van der Waals surface area contributed by atoms with Gasteiger partial charge in [0.1, 0.15) is 16.3 Å². The van der Waals surface area contributed by atoms with Crippen LogP contribution < -0.4 is 5.56 Å². The van der Waals surface area contributed by atoms with Crippen molar-refractivity contribution in [2.75, 3.05) is 0 Å². The fourth-order valence-electron chi connectivity index (χ4n) is 1.84. The molecule has 19 heavy (non-hydrogen) atoms. The van der Waals surface area contributed by atoms with Gasteiger partial charge in [0.05, 0.1) is 11.2 Å². The number of hydrogen-bond donors (Lipinski definition) is 1. The summed E-state index contributed by atoms with van der Waals surface area (Å²) in [5, 5.41) is 1.74. The Morgan fingerprint density at radius 3 is 2.58 bits per heavy atom. The lowest BCUT2D eigenvalue weighted by Crippen LogP contribution is -2.19. The topological polar surface area (TPSA) is 37.8 Å². The van der Waals surface area contributed by atoms with E-state index in [9.17, 15) is 13.6 Å². The average molecular weight is 296 g/mol. The van der Waals surface area contributed by atoms with Crippen LogP contribution in [0.3, 0.4) is 0 Å². The largest absolute Gasteiger partial charge is 0.331 e. The number of halogens is 2. The van der Waals surface area contributed by atoms with Crippen LogP contribution in [-0.2, 0) is 0 Å². The van der Waals surface area contributed by atoms with Gasteiger partial charge in [-0.2, -0.15) is 0 Å². The lowest BCUT2D eigenvalue weighted by Gasteiger charge is -2.06. The molecule has 7 heteroatoms. The molecule has 3 nitrogen and oxygen atoms in total. The minimum atomic E-state index is -0.762. The Morgan fingerprint density at radius 2 is 1.89 bits per heavy atom. The van der Waals surface area contributed by atoms with E-state index < -0.39 is 17.2 Å². The lowest BCUT2D eigenvalue weighted by molar-refractivity contribution is 0.581. The van der Waals surface area contributed by atoms with Crippen LogP contribution in [0.4, 0.5) is 8.78 Å². The van der Waals surface area contributed by atoms with Crippen LogP contribution in [0.15, 0.2) is 34.4 Å². The minimum Gasteiger partial charge on any atom is -0.331 e. The Kier molecular flexibility index (Phi) is 2.79. The molecule has 0 aliphatic rings. The molecule has 3 rings (SSSR count). The molecule has 0 aliphatic heterocycles. The van der Waals surface area contributed by atoms with Crippen molar-refractivity contribution in [3.05, 3.63) is 56.4 Å². The molecule has 1 aromatic carbocycles. The van der Waals surface area contributed by atoms with E-state index in [2.05, 4.69) is 4.98 Å². The molecule has 0 saturated heterocycles. The van der Waals surface area contributed by atoms with Crippen molar-refractivity contribution in [3.8, 4) is 5.69 Å². The van der Waals surface area contributed by atoms with Crippen molar-refractivity contribution in [3.63, 3.8) is 0 Å². The maximum atomic E-state index is 13.2. The first-order valence-electron chi connectivity index (χ1n) is 5.25. The van der Waals surface area contributed by atoms with Gasteiger partial charge in [-0.15, -0.1) is 11.3 Å². The molecule has 96 valence electrons. The number of fused-ring (bicyclic) bond motifs is 1. The fourth-order valence-corrected chi connectivity index (χ4v) is 2.92. The van der Waals surface area contributed by atoms with Crippen LogP contribution in [0.5, 0.6) is 0 Å². The number of thiophene rings is 1. The molecule has 3 aromatic rings. The number of aromatic amines is 1. The van der Waals surface area contributed by atoms with Gasteiger partial charge in [-0.05, 0) is 35.8 Å². The summed E-state index contributed by atoms with van der Waals surface area (Å²) >= 11 is 6.31. The summed E-state index contributed by atoms with van der Waals surface area (Å²) in [6, 6.07) is 4.60. The average Bonchev–Trinajstić information content (AvgIpc) is 2.75. The molecule has 0 atom stereocenters. The number of benzene rings is 1. The zero-order valence-corrected chi connectivity index (χ0v) is 10.9. The van der Waals surface area contributed by atoms with Crippen molar-refractivity contribution in [1.29, 1.82) is 0 Å². The van der Waals surface area contributed by atoms with Crippen LogP contribution in [-0.4, -0.2) is 9.55 Å². The molecule has 2 aromatic heterocycles. The van der Waals surface area contributed by atoms with E-state index in [-0.39, 0.29) is 10.5 Å². The van der Waals surface area contributed by atoms with Gasteiger partial charge in [-0.3, -0.25) is 9.36 Å². The van der Waals surface area contributed by atoms with Crippen LogP contribution >= 0.6 is 23.6 Å². The highest BCUT2D eigenvalue weighted by atomic mass is 32.1. The molecule has 0 bridgehead atoms. The second-order valence-corrected chi connectivity index (χ2v) is 5.16. The third-order valence-electron chi connectivity index (χ3n) is 2.61. The van der Waals surface area contributed by atoms with Crippen LogP contribution in [0, 0.1) is 16.4 Å². The highest BCUT2D eigenvalue weighted by Crippen LogP contribution is 2.17. The molecular formula is C12H6F2N2OS2.